The molecule has 1 aliphatic rings. The van der Waals surface area contributed by atoms with E-state index in [-0.39, 0.29) is 23.5 Å². The van der Waals surface area contributed by atoms with E-state index in [1.807, 2.05) is 16.9 Å². The molecule has 3 heterocycles. The average Bonchev–Trinajstić information content (AvgIpc) is 3.50. The van der Waals surface area contributed by atoms with Crippen molar-refractivity contribution in [3.63, 3.8) is 0 Å². The van der Waals surface area contributed by atoms with Crippen LogP contribution >= 0.6 is 0 Å². The molecule has 1 aliphatic carbocycles. The lowest BCUT2D eigenvalue weighted by Crippen LogP contribution is -2.30. The van der Waals surface area contributed by atoms with E-state index < -0.39 is 0 Å². The van der Waals surface area contributed by atoms with Gasteiger partial charge in [-0.2, -0.15) is 10.2 Å². The van der Waals surface area contributed by atoms with Crippen LogP contribution in [0.3, 0.4) is 0 Å². The molecule has 3 aromatic heterocycles. The maximum Gasteiger partial charge on any atom is 0.287 e. The van der Waals surface area contributed by atoms with Crippen molar-refractivity contribution in [2.75, 3.05) is 0 Å². The highest BCUT2D eigenvalue weighted by Gasteiger charge is 2.27. The molecule has 1 amide bonds. The van der Waals surface area contributed by atoms with Crippen molar-refractivity contribution < 1.29 is 13.6 Å². The van der Waals surface area contributed by atoms with Crippen LogP contribution in [0.2, 0.25) is 0 Å². The van der Waals surface area contributed by atoms with Crippen molar-refractivity contribution in [1.82, 2.24) is 24.9 Å². The van der Waals surface area contributed by atoms with Crippen molar-refractivity contribution in [1.29, 1.82) is 0 Å². The van der Waals surface area contributed by atoms with Crippen LogP contribution in [-0.4, -0.2) is 25.5 Å². The molecule has 0 aliphatic heterocycles. The first kappa shape index (κ1) is 18.4. The van der Waals surface area contributed by atoms with E-state index in [0.717, 1.165) is 36.2 Å². The number of amides is 1. The smallest absolute Gasteiger partial charge is 0.287 e. The zero-order chi connectivity index (χ0) is 20.5. The van der Waals surface area contributed by atoms with Gasteiger partial charge in [0.2, 0.25) is 0 Å². The van der Waals surface area contributed by atoms with E-state index in [4.69, 9.17) is 4.42 Å². The SMILES string of the molecule is O=C(N[C@@H]1CCCc2c1cnn2-c1ccc(F)cc1)c1ccc(Cn2cccn2)o1. The third kappa shape index (κ3) is 3.52. The molecule has 5 rings (SSSR count). The summed E-state index contributed by atoms with van der Waals surface area (Å²) in [5, 5.41) is 11.7. The fourth-order valence-corrected chi connectivity index (χ4v) is 3.88. The third-order valence-corrected chi connectivity index (χ3v) is 5.32. The minimum absolute atomic E-state index is 0.143. The minimum Gasteiger partial charge on any atom is -0.454 e. The summed E-state index contributed by atoms with van der Waals surface area (Å²) < 4.78 is 22.5. The quantitative estimate of drug-likeness (QED) is 0.550. The van der Waals surface area contributed by atoms with Gasteiger partial charge in [0.15, 0.2) is 5.76 Å². The molecular formula is C22H20FN5O2. The van der Waals surface area contributed by atoms with Crippen molar-refractivity contribution >= 4 is 5.91 Å². The van der Waals surface area contributed by atoms with Gasteiger partial charge in [-0.15, -0.1) is 0 Å². The third-order valence-electron chi connectivity index (χ3n) is 5.32. The molecule has 0 unspecified atom stereocenters. The Labute approximate surface area is 172 Å². The van der Waals surface area contributed by atoms with E-state index in [9.17, 15) is 9.18 Å². The highest BCUT2D eigenvalue weighted by molar-refractivity contribution is 5.91. The van der Waals surface area contributed by atoms with Crippen LogP contribution in [0.15, 0.2) is 65.5 Å². The Morgan fingerprint density at radius 3 is 2.87 bits per heavy atom. The number of nitrogens with one attached hydrogen (secondary N) is 1. The Hall–Kier alpha value is -3.68. The number of hydrogen-bond donors (Lipinski definition) is 1. The van der Waals surface area contributed by atoms with Crippen molar-refractivity contribution in [3.05, 3.63) is 89.7 Å². The van der Waals surface area contributed by atoms with Crippen molar-refractivity contribution in [2.24, 2.45) is 0 Å². The molecule has 0 radical (unpaired) electrons. The summed E-state index contributed by atoms with van der Waals surface area (Å²) in [4.78, 5) is 12.8. The summed E-state index contributed by atoms with van der Waals surface area (Å²) in [5.41, 5.74) is 2.83. The maximum absolute atomic E-state index is 13.3. The minimum atomic E-state index is -0.282. The van der Waals surface area contributed by atoms with Gasteiger partial charge in [0.05, 0.1) is 24.5 Å². The summed E-state index contributed by atoms with van der Waals surface area (Å²) >= 11 is 0. The van der Waals surface area contributed by atoms with Gasteiger partial charge in [0.1, 0.15) is 11.6 Å². The normalized spacial score (nSPS) is 15.7. The number of halogens is 1. The van der Waals surface area contributed by atoms with Crippen LogP contribution in [0.25, 0.3) is 5.69 Å². The van der Waals surface area contributed by atoms with E-state index in [0.29, 0.717) is 12.3 Å². The van der Waals surface area contributed by atoms with Gasteiger partial charge < -0.3 is 9.73 Å². The summed E-state index contributed by atoms with van der Waals surface area (Å²) in [6, 6.07) is 11.4. The van der Waals surface area contributed by atoms with Crippen LogP contribution in [-0.2, 0) is 13.0 Å². The first-order valence-corrected chi connectivity index (χ1v) is 9.87. The van der Waals surface area contributed by atoms with Gasteiger partial charge in [-0.1, -0.05) is 0 Å². The van der Waals surface area contributed by atoms with Gasteiger partial charge >= 0.3 is 0 Å². The Morgan fingerprint density at radius 2 is 2.07 bits per heavy atom. The Morgan fingerprint density at radius 1 is 1.20 bits per heavy atom. The Kier molecular flexibility index (Phi) is 4.66. The Balaban J connectivity index is 1.33. The summed E-state index contributed by atoms with van der Waals surface area (Å²) in [7, 11) is 0. The largest absolute Gasteiger partial charge is 0.454 e. The standard InChI is InChI=1S/C22H20FN5O2/c23-15-5-7-16(8-6-15)28-20-4-1-3-19(18(20)13-25-28)26-22(29)21-10-9-17(30-21)14-27-12-2-11-24-27/h2,5-13,19H,1,3-4,14H2,(H,26,29)/t19-/m1/s1. The van der Waals surface area contributed by atoms with Crippen LogP contribution in [0, 0.1) is 5.82 Å². The summed E-state index contributed by atoms with van der Waals surface area (Å²) in [6.07, 6.45) is 7.93. The molecule has 152 valence electrons. The van der Waals surface area contributed by atoms with Gasteiger partial charge in [-0.05, 0) is 61.7 Å². The Bertz CT molecular complexity index is 1160. The maximum atomic E-state index is 13.3. The highest BCUT2D eigenvalue weighted by atomic mass is 19.1. The molecule has 0 saturated heterocycles. The zero-order valence-corrected chi connectivity index (χ0v) is 16.2. The van der Waals surface area contributed by atoms with Crippen LogP contribution < -0.4 is 5.32 Å². The number of rotatable bonds is 5. The predicted molar refractivity (Wildman–Crippen MR) is 107 cm³/mol. The lowest BCUT2D eigenvalue weighted by atomic mass is 9.92. The first-order chi connectivity index (χ1) is 14.7. The van der Waals surface area contributed by atoms with E-state index >= 15 is 0 Å². The number of aromatic nitrogens is 4. The fourth-order valence-electron chi connectivity index (χ4n) is 3.88. The zero-order valence-electron chi connectivity index (χ0n) is 16.2. The number of carbonyl (C=O) groups is 1. The number of fused-ring (bicyclic) bond motifs is 1. The number of carbonyl (C=O) groups excluding carboxylic acids is 1. The van der Waals surface area contributed by atoms with E-state index in [1.54, 1.807) is 41.3 Å². The second kappa shape index (κ2) is 7.62. The molecule has 0 bridgehead atoms. The molecule has 8 heteroatoms. The molecule has 0 spiro atoms. The number of hydrogen-bond acceptors (Lipinski definition) is 4. The second-order valence-electron chi connectivity index (χ2n) is 7.32. The van der Waals surface area contributed by atoms with Crippen molar-refractivity contribution in [3.8, 4) is 5.69 Å². The lowest BCUT2D eigenvalue weighted by molar-refractivity contribution is 0.0902. The number of benzene rings is 1. The second-order valence-corrected chi connectivity index (χ2v) is 7.32. The number of furan rings is 1. The number of nitrogens with zero attached hydrogens (tertiary/aromatic N) is 4. The molecule has 1 N–H and O–H groups in total. The van der Waals surface area contributed by atoms with Crippen LogP contribution in [0.1, 0.15) is 46.5 Å². The lowest BCUT2D eigenvalue weighted by Gasteiger charge is -2.24. The molecule has 1 aromatic carbocycles. The topological polar surface area (TPSA) is 77.9 Å². The van der Waals surface area contributed by atoms with E-state index in [2.05, 4.69) is 15.5 Å². The van der Waals surface area contributed by atoms with Crippen molar-refractivity contribution in [2.45, 2.75) is 31.8 Å². The molecule has 4 aromatic rings. The fraction of sp³-hybridized carbons (Fsp3) is 0.227. The molecule has 30 heavy (non-hydrogen) atoms. The monoisotopic (exact) mass is 405 g/mol. The van der Waals surface area contributed by atoms with Crippen LogP contribution in [0.5, 0.6) is 0 Å². The van der Waals surface area contributed by atoms with Gasteiger partial charge in [0.25, 0.3) is 5.91 Å². The van der Waals surface area contributed by atoms with E-state index in [1.165, 1.54) is 12.1 Å². The first-order valence-electron chi connectivity index (χ1n) is 9.87. The molecule has 1 atom stereocenters. The van der Waals surface area contributed by atoms with Gasteiger partial charge in [-0.25, -0.2) is 9.07 Å². The summed E-state index contributed by atoms with van der Waals surface area (Å²) in [6.45, 7) is 0.471. The predicted octanol–water partition coefficient (Wildman–Crippen LogP) is 3.66. The highest BCUT2D eigenvalue weighted by Crippen LogP contribution is 2.31. The molecule has 0 fully saturated rings. The summed E-state index contributed by atoms with van der Waals surface area (Å²) in [5.74, 6) is 0.400. The van der Waals surface area contributed by atoms with Gasteiger partial charge in [-0.3, -0.25) is 9.48 Å². The molecular weight excluding hydrogens is 385 g/mol. The molecule has 0 saturated carbocycles. The van der Waals surface area contributed by atoms with Crippen LogP contribution in [0.4, 0.5) is 4.39 Å². The van der Waals surface area contributed by atoms with Gasteiger partial charge in [0, 0.05) is 23.7 Å². The molecule has 7 nitrogen and oxygen atoms in total. The average molecular weight is 405 g/mol.